The van der Waals surface area contributed by atoms with Crippen LogP contribution in [-0.4, -0.2) is 263 Å². The van der Waals surface area contributed by atoms with Crippen molar-refractivity contribution in [3.05, 3.63) is 212 Å². The van der Waals surface area contributed by atoms with Gasteiger partial charge in [0.05, 0.1) is 50.0 Å². The minimum absolute atomic E-state index is 0.00332. The van der Waals surface area contributed by atoms with Gasteiger partial charge in [-0.15, -0.1) is 0 Å². The number of phenols is 4. The van der Waals surface area contributed by atoms with Crippen molar-refractivity contribution in [2.24, 2.45) is 0 Å². The first-order chi connectivity index (χ1) is 66.3. The fourth-order valence-corrected chi connectivity index (χ4v) is 26.0. The molecule has 738 valence electrons. The van der Waals surface area contributed by atoms with Crippen LogP contribution in [0.5, 0.6) is 46.0 Å². The van der Waals surface area contributed by atoms with Crippen LogP contribution < -0.4 is 18.9 Å². The van der Waals surface area contributed by atoms with Crippen molar-refractivity contribution in [1.29, 1.82) is 0 Å². The maximum Gasteiger partial charge on any atom is 0.357 e. The van der Waals surface area contributed by atoms with Crippen molar-refractivity contribution in [3.8, 4) is 46.0 Å². The number of likely N-dealkylation sites (N-methyl/N-ethyl adjacent to an activating group) is 4. The van der Waals surface area contributed by atoms with E-state index in [1.807, 2.05) is 103 Å². The van der Waals surface area contributed by atoms with E-state index in [1.54, 1.807) is 86.7 Å². The van der Waals surface area contributed by atoms with E-state index in [4.69, 9.17) is 56.8 Å². The van der Waals surface area contributed by atoms with E-state index in [0.717, 1.165) is 69.7 Å². The summed E-state index contributed by atoms with van der Waals surface area (Å²) in [5.74, 6) is -3.35. The molecule has 6 aromatic rings. The Labute approximate surface area is 803 Å². The Morgan fingerprint density at radius 3 is 0.950 bits per heavy atom. The lowest BCUT2D eigenvalue weighted by molar-refractivity contribution is -0.177. The number of hydrogen-bond donors (Lipinski definition) is 9. The molecule has 9 N–H and O–H groups in total. The maximum absolute atomic E-state index is 13.5. The van der Waals surface area contributed by atoms with Crippen LogP contribution in [0.25, 0.3) is 0 Å². The van der Waals surface area contributed by atoms with E-state index in [9.17, 15) is 84.3 Å². The number of likely N-dealkylation sites (tertiary alicyclic amines) is 4. The van der Waals surface area contributed by atoms with Crippen molar-refractivity contribution < 1.29 is 141 Å². The predicted octanol–water partition coefficient (Wildman–Crippen LogP) is 9.11. The fraction of sp³-hybridized carbons (Fsp3) is 0.509. The summed E-state index contributed by atoms with van der Waals surface area (Å²) in [5.41, 5.74) is 0.705. The lowest BCUT2D eigenvalue weighted by atomic mass is 9.50. The number of carbonyl (C=O) groups excluding carboxylic acids is 8. The van der Waals surface area contributed by atoms with E-state index in [2.05, 4.69) is 19.6 Å². The molecule has 16 aliphatic rings. The zero-order valence-corrected chi connectivity index (χ0v) is 79.6. The number of esters is 8. The number of hydrogen-bond acceptors (Lipinski definition) is 33. The second kappa shape index (κ2) is 35.7. The minimum atomic E-state index is -1.31. The van der Waals surface area contributed by atoms with Crippen LogP contribution in [0, 0.1) is 0 Å². The summed E-state index contributed by atoms with van der Waals surface area (Å²) >= 11 is 0. The molecule has 4 spiro atoms. The van der Waals surface area contributed by atoms with Gasteiger partial charge in [0.25, 0.3) is 0 Å². The number of phenolic OH excluding ortho intramolecular Hbond substituents is 4. The maximum atomic E-state index is 13.5. The van der Waals surface area contributed by atoms with Gasteiger partial charge in [-0.1, -0.05) is 106 Å². The van der Waals surface area contributed by atoms with Gasteiger partial charge in [0.1, 0.15) is 23.0 Å². The third-order valence-electron chi connectivity index (χ3n) is 33.0. The van der Waals surface area contributed by atoms with Crippen LogP contribution >= 0.6 is 0 Å². The molecule has 33 heteroatoms. The van der Waals surface area contributed by atoms with Gasteiger partial charge in [0.15, 0.2) is 94.8 Å². The number of rotatable bonds is 21. The Hall–Kier alpha value is -11.9. The lowest BCUT2D eigenvalue weighted by Gasteiger charge is -2.61. The van der Waals surface area contributed by atoms with Gasteiger partial charge in [-0.2, -0.15) is 0 Å². The monoisotopic (exact) mass is 1910 g/mol. The molecule has 0 aromatic heterocycles. The highest BCUT2D eigenvalue weighted by atomic mass is 16.6. The van der Waals surface area contributed by atoms with Crippen LogP contribution in [0.3, 0.4) is 0 Å². The van der Waals surface area contributed by atoms with E-state index in [1.165, 1.54) is 20.8 Å². The molecule has 139 heavy (non-hydrogen) atoms. The summed E-state index contributed by atoms with van der Waals surface area (Å²) in [6, 6.07) is 31.5. The predicted molar refractivity (Wildman–Crippen MR) is 494 cm³/mol. The quantitative estimate of drug-likeness (QED) is 0.0239. The fourth-order valence-electron chi connectivity index (χ4n) is 26.0. The first-order valence-electron chi connectivity index (χ1n) is 48.4. The Morgan fingerprint density at radius 2 is 0.647 bits per heavy atom. The molecule has 0 amide bonds. The van der Waals surface area contributed by atoms with Gasteiger partial charge in [0, 0.05) is 90.5 Å². The zero-order valence-electron chi connectivity index (χ0n) is 79.6. The molecule has 8 heterocycles. The second-order valence-electron chi connectivity index (χ2n) is 40.2. The molecule has 22 rings (SSSR count). The van der Waals surface area contributed by atoms with E-state index >= 15 is 0 Å². The highest BCUT2D eigenvalue weighted by molar-refractivity contribution is 5.86. The van der Waals surface area contributed by atoms with Crippen LogP contribution in [0.15, 0.2) is 157 Å². The molecule has 0 radical (unpaired) electrons. The first-order valence-corrected chi connectivity index (χ1v) is 48.4. The van der Waals surface area contributed by atoms with Crippen LogP contribution in [0.4, 0.5) is 0 Å². The van der Waals surface area contributed by atoms with Gasteiger partial charge < -0.3 is 122 Å². The molecule has 0 saturated carbocycles. The van der Waals surface area contributed by atoms with Gasteiger partial charge in [-0.05, 0) is 229 Å². The van der Waals surface area contributed by atoms with Crippen molar-refractivity contribution in [2.45, 2.75) is 287 Å². The van der Waals surface area contributed by atoms with Crippen molar-refractivity contribution in [3.63, 3.8) is 0 Å². The molecule has 8 aliphatic heterocycles. The molecule has 22 atom stereocenters. The molecule has 6 aromatic carbocycles. The molecule has 8 bridgehead atoms. The molecular formula is C106H120N4O29. The van der Waals surface area contributed by atoms with Crippen molar-refractivity contribution in [1.82, 2.24) is 19.6 Å². The summed E-state index contributed by atoms with van der Waals surface area (Å²) in [6.45, 7) is 14.3. The largest absolute Gasteiger partial charge is 0.504 e. The average Bonchev–Trinajstić information content (AvgIpc) is 1.25. The molecule has 4 fully saturated rings. The normalized spacial score (nSPS) is 31.7. The lowest BCUT2D eigenvalue weighted by Crippen LogP contribution is -2.74. The van der Waals surface area contributed by atoms with Crippen molar-refractivity contribution >= 4 is 47.8 Å². The summed E-state index contributed by atoms with van der Waals surface area (Å²) < 4.78 is 69.4. The highest BCUT2D eigenvalue weighted by Crippen LogP contribution is 2.71. The second-order valence-corrected chi connectivity index (χ2v) is 40.2. The molecule has 8 unspecified atom stereocenters. The number of ether oxygens (including phenoxy) is 12. The number of benzene rings is 6. The highest BCUT2D eigenvalue weighted by Gasteiger charge is 2.77. The topological polar surface area (TPSA) is 442 Å². The smallest absolute Gasteiger partial charge is 0.357 e. The standard InChI is InChI=1S/2C29H31NO7.C24H29NO8.C24H29NO7/c1-16(18-7-5-4-6-8-18)26(32)35-17(2)27(33)36-21-11-12-29(34)22-15-19-9-10-20(31)24-23(19)28(29,25(21)37-24)13-14-30(22)3;1-3-7-22(32)36-24(17-8-5-4-6-9-17)27(33)35-20-12-13-29(34)21-16-18-10-11-19(31)25-23(18)28(29,26(20)37-25)14-15-30(21)2;1-4-14(26)22(29)31-12(2)21(28)32-16-7-8-24(30)17-11-13-5-6-15(27)19-18(13)23(24,20(16)33-19)9-10-25(17)3;1-4-5-18(27)30-13(2)22(28)31-16-8-9-24(29)17-12-14-6-7-15(26)20-19(14)23(24,21(16)32-20)10-11-25(17)3/h4-11,16-17,22,25,31,34H,12-15H2,1-3H3;4-6,8-12,21,24,26,31,34H,3,7,13-16H2,1-2H3;5-7,12,14,17,20,26-27,30H,4,8-11H2,1-3H3;6-8,13,17,21,26,29H,4-5,9-12H2,1-3H3/t16-,17-,22+,25?,28?,29+;21-,24+,26?,28?,29-;12-,14-,17+,20?,23?,24+;13-,17+,21?,23?,24+/m0100/s1. The Morgan fingerprint density at radius 1 is 0.367 bits per heavy atom. The Kier molecular flexibility index (Phi) is 24.6. The van der Waals surface area contributed by atoms with Gasteiger partial charge in [0.2, 0.25) is 6.10 Å². The van der Waals surface area contributed by atoms with Crippen LogP contribution in [0.2, 0.25) is 0 Å². The third-order valence-corrected chi connectivity index (χ3v) is 33.0. The average molecular weight is 1910 g/mol. The number of carbonyl (C=O) groups is 8. The van der Waals surface area contributed by atoms with E-state index in [-0.39, 0.29) is 103 Å². The Balaban J connectivity index is 0.000000118. The Bertz CT molecular complexity index is 6120. The molecule has 4 saturated heterocycles. The number of aromatic hydroxyl groups is 4. The van der Waals surface area contributed by atoms with Crippen LogP contribution in [0.1, 0.15) is 200 Å². The number of aliphatic hydroxyl groups is 5. The summed E-state index contributed by atoms with van der Waals surface area (Å²) in [4.78, 5) is 109. The van der Waals surface area contributed by atoms with E-state index in [0.29, 0.717) is 111 Å². The van der Waals surface area contributed by atoms with Gasteiger partial charge in [-0.3, -0.25) is 14.4 Å². The van der Waals surface area contributed by atoms with Crippen molar-refractivity contribution in [2.75, 3.05) is 54.4 Å². The van der Waals surface area contributed by atoms with E-state index < -0.39 is 153 Å². The summed E-state index contributed by atoms with van der Waals surface area (Å²) in [5, 5.41) is 101. The molecule has 33 nitrogen and oxygen atoms in total. The first kappa shape index (κ1) is 96.0. The number of aliphatic hydroxyl groups excluding tert-OH is 1. The van der Waals surface area contributed by atoms with Gasteiger partial charge >= 0.3 is 47.8 Å². The van der Waals surface area contributed by atoms with Gasteiger partial charge in [-0.25, -0.2) is 24.0 Å². The zero-order chi connectivity index (χ0) is 98.6. The third kappa shape index (κ3) is 14.6. The minimum Gasteiger partial charge on any atom is -0.504 e. The SMILES string of the molecule is CCCC(=O)O[C@@H](C)C(=O)OC1=CC[C@@]2(O)[C@H]3Cc4ccc(O)c5c4C2(CCN3C)C1O5.CCCC(=O)O[C@H](C(=O)OC1=CC[C@@]2(O)[C@H]3Cc4ccc(O)c5c4C2(CCN3C)C1O5)c1ccccc1.CC[C@H](O)C(=O)O[C@@H](C)C(=O)OC1=CC[C@@]2(O)[C@H]3Cc4ccc(O)c5c4C2(CCN3C)C1O5.C[C@H](OC(=O)[C@@H](C)c1ccccc1)C(=O)OC1=CC[C@@]2(O)[C@H]3Cc4ccc(O)c5c4C2(CCN3C)C1O5. The molecular weight excluding hydrogens is 1790 g/mol. The summed E-state index contributed by atoms with van der Waals surface area (Å²) in [6.07, 6.45) is 5.49. The molecule has 8 aliphatic carbocycles. The number of piperidine rings is 4. The number of nitrogens with zero attached hydrogens (tertiary/aromatic N) is 4. The summed E-state index contributed by atoms with van der Waals surface area (Å²) in [7, 11) is 8.03. The van der Waals surface area contributed by atoms with Crippen LogP contribution in [-0.2, 0) is 124 Å².